The van der Waals surface area contributed by atoms with Crippen molar-refractivity contribution in [2.24, 2.45) is 0 Å². The predicted octanol–water partition coefficient (Wildman–Crippen LogP) is 5.30. The maximum atomic E-state index is 12.8. The Bertz CT molecular complexity index is 952. The third-order valence-electron chi connectivity index (χ3n) is 4.64. The van der Waals surface area contributed by atoms with Crippen molar-refractivity contribution in [1.82, 2.24) is 20.0 Å². The first kappa shape index (κ1) is 21.4. The van der Waals surface area contributed by atoms with Crippen LogP contribution in [0, 0.1) is 6.92 Å². The van der Waals surface area contributed by atoms with Crippen molar-refractivity contribution < 1.29 is 9.53 Å². The molecule has 2 amide bonds. The van der Waals surface area contributed by atoms with Gasteiger partial charge in [-0.25, -0.2) is 9.48 Å². The Morgan fingerprint density at radius 2 is 1.73 bits per heavy atom. The van der Waals surface area contributed by atoms with Crippen LogP contribution in [0.5, 0.6) is 11.6 Å². The van der Waals surface area contributed by atoms with Gasteiger partial charge in [-0.15, -0.1) is 0 Å². The van der Waals surface area contributed by atoms with Gasteiger partial charge in [0.15, 0.2) is 0 Å². The van der Waals surface area contributed by atoms with Crippen molar-refractivity contribution >= 4 is 6.03 Å². The molecule has 1 aromatic heterocycles. The summed E-state index contributed by atoms with van der Waals surface area (Å²) in [4.78, 5) is 14.6. The molecule has 1 heterocycles. The molecule has 6 nitrogen and oxygen atoms in total. The van der Waals surface area contributed by atoms with E-state index < -0.39 is 0 Å². The van der Waals surface area contributed by atoms with Crippen LogP contribution in [-0.2, 0) is 6.54 Å². The molecule has 3 aromatic rings. The van der Waals surface area contributed by atoms with Gasteiger partial charge in [-0.1, -0.05) is 43.3 Å². The van der Waals surface area contributed by atoms with Gasteiger partial charge in [-0.3, -0.25) is 0 Å². The van der Waals surface area contributed by atoms with E-state index in [2.05, 4.69) is 12.2 Å². The average molecular weight is 407 g/mol. The Labute approximate surface area is 178 Å². The molecule has 0 aliphatic rings. The Morgan fingerprint density at radius 1 is 1.10 bits per heavy atom. The van der Waals surface area contributed by atoms with Gasteiger partial charge in [0.2, 0.25) is 5.88 Å². The van der Waals surface area contributed by atoms with Crippen LogP contribution in [0.25, 0.3) is 5.69 Å². The molecule has 30 heavy (non-hydrogen) atoms. The van der Waals surface area contributed by atoms with Crippen LogP contribution in [0.2, 0.25) is 0 Å². The van der Waals surface area contributed by atoms with Crippen molar-refractivity contribution in [2.45, 2.75) is 46.7 Å². The summed E-state index contributed by atoms with van der Waals surface area (Å²) in [6.45, 7) is 9.02. The summed E-state index contributed by atoms with van der Waals surface area (Å²) in [5.74, 6) is 1.35. The lowest BCUT2D eigenvalue weighted by atomic mass is 10.2. The smallest absolute Gasteiger partial charge is 0.317 e. The predicted molar refractivity (Wildman–Crippen MR) is 119 cm³/mol. The molecule has 158 valence electrons. The molecular formula is C24H30N4O2. The summed E-state index contributed by atoms with van der Waals surface area (Å²) in [6.07, 6.45) is 0.867. The van der Waals surface area contributed by atoms with Crippen molar-refractivity contribution in [1.29, 1.82) is 0 Å². The zero-order valence-electron chi connectivity index (χ0n) is 18.1. The van der Waals surface area contributed by atoms with Crippen LogP contribution < -0.4 is 10.1 Å². The number of para-hydroxylation sites is 2. The number of aryl methyl sites for hydroxylation is 1. The molecule has 1 N–H and O–H groups in total. The lowest BCUT2D eigenvalue weighted by Gasteiger charge is -2.24. The third-order valence-corrected chi connectivity index (χ3v) is 4.64. The second kappa shape index (κ2) is 9.96. The SMILES string of the molecule is CCCN(Cc1c(C)nn(-c2ccccc2)c1Oc1ccccc1)C(=O)NC(C)C. The average Bonchev–Trinajstić information content (AvgIpc) is 3.04. The number of rotatable bonds is 8. The molecule has 0 spiro atoms. The highest BCUT2D eigenvalue weighted by Crippen LogP contribution is 2.31. The van der Waals surface area contributed by atoms with Crippen LogP contribution in [0.15, 0.2) is 60.7 Å². The van der Waals surface area contributed by atoms with Crippen molar-refractivity contribution in [3.8, 4) is 17.3 Å². The van der Waals surface area contributed by atoms with Gasteiger partial charge in [0.05, 0.1) is 23.5 Å². The fraction of sp³-hybridized carbons (Fsp3) is 0.333. The number of hydrogen-bond donors (Lipinski definition) is 1. The van der Waals surface area contributed by atoms with E-state index in [0.717, 1.165) is 29.1 Å². The highest BCUT2D eigenvalue weighted by Gasteiger charge is 2.23. The van der Waals surface area contributed by atoms with Gasteiger partial charge in [0.25, 0.3) is 0 Å². The van der Waals surface area contributed by atoms with E-state index in [9.17, 15) is 4.79 Å². The van der Waals surface area contributed by atoms with Gasteiger partial charge in [0.1, 0.15) is 5.75 Å². The van der Waals surface area contributed by atoms with Crippen LogP contribution >= 0.6 is 0 Å². The molecule has 0 bridgehead atoms. The molecule has 0 unspecified atom stereocenters. The fourth-order valence-corrected chi connectivity index (χ4v) is 3.22. The van der Waals surface area contributed by atoms with E-state index in [1.165, 1.54) is 0 Å². The Kier molecular flexibility index (Phi) is 7.12. The maximum absolute atomic E-state index is 12.8. The van der Waals surface area contributed by atoms with E-state index in [0.29, 0.717) is 19.0 Å². The molecular weight excluding hydrogens is 376 g/mol. The topological polar surface area (TPSA) is 59.4 Å². The number of nitrogens with one attached hydrogen (secondary N) is 1. The summed E-state index contributed by atoms with van der Waals surface area (Å²) < 4.78 is 8.11. The Balaban J connectivity index is 2.02. The number of carbonyl (C=O) groups excluding carboxylic acids is 1. The van der Waals surface area contributed by atoms with E-state index in [4.69, 9.17) is 9.84 Å². The van der Waals surface area contributed by atoms with E-state index in [-0.39, 0.29) is 12.1 Å². The number of nitrogens with zero attached hydrogens (tertiary/aromatic N) is 3. The Morgan fingerprint density at radius 3 is 2.33 bits per heavy atom. The van der Waals surface area contributed by atoms with Gasteiger partial charge < -0.3 is 15.0 Å². The summed E-state index contributed by atoms with van der Waals surface area (Å²) >= 11 is 0. The van der Waals surface area contributed by atoms with Gasteiger partial charge in [-0.05, 0) is 51.5 Å². The number of carbonyl (C=O) groups is 1. The molecule has 0 fully saturated rings. The van der Waals surface area contributed by atoms with Gasteiger partial charge in [-0.2, -0.15) is 5.10 Å². The monoisotopic (exact) mass is 406 g/mol. The lowest BCUT2D eigenvalue weighted by Crippen LogP contribution is -2.43. The van der Waals surface area contributed by atoms with E-state index in [1.54, 1.807) is 0 Å². The zero-order chi connectivity index (χ0) is 21.5. The molecule has 0 aliphatic heterocycles. The molecule has 0 saturated heterocycles. The van der Waals surface area contributed by atoms with E-state index in [1.807, 2.05) is 91.0 Å². The summed E-state index contributed by atoms with van der Waals surface area (Å²) in [7, 11) is 0. The second-order valence-corrected chi connectivity index (χ2v) is 7.56. The normalized spacial score (nSPS) is 10.8. The lowest BCUT2D eigenvalue weighted by molar-refractivity contribution is 0.192. The van der Waals surface area contributed by atoms with Crippen LogP contribution in [0.3, 0.4) is 0 Å². The van der Waals surface area contributed by atoms with Crippen LogP contribution in [0.1, 0.15) is 38.4 Å². The van der Waals surface area contributed by atoms with Crippen molar-refractivity contribution in [2.75, 3.05) is 6.54 Å². The molecule has 0 saturated carbocycles. The quantitative estimate of drug-likeness (QED) is 0.552. The highest BCUT2D eigenvalue weighted by atomic mass is 16.5. The first-order valence-corrected chi connectivity index (χ1v) is 10.4. The molecule has 3 rings (SSSR count). The second-order valence-electron chi connectivity index (χ2n) is 7.56. The standard InChI is InChI=1S/C24H30N4O2/c1-5-16-27(24(29)25-18(2)3)17-22-19(4)26-28(20-12-8-6-9-13-20)23(22)30-21-14-10-7-11-15-21/h6-15,18H,5,16-17H2,1-4H3,(H,25,29). The minimum Gasteiger partial charge on any atom is -0.439 e. The minimum atomic E-state index is -0.0793. The number of benzene rings is 2. The third kappa shape index (κ3) is 5.20. The number of amides is 2. The minimum absolute atomic E-state index is 0.0741. The number of ether oxygens (including phenoxy) is 1. The summed E-state index contributed by atoms with van der Waals surface area (Å²) in [5.41, 5.74) is 2.64. The zero-order valence-corrected chi connectivity index (χ0v) is 18.1. The van der Waals surface area contributed by atoms with Gasteiger partial charge in [0, 0.05) is 12.6 Å². The Hall–Kier alpha value is -3.28. The summed E-state index contributed by atoms with van der Waals surface area (Å²) in [6, 6.07) is 19.5. The first-order valence-electron chi connectivity index (χ1n) is 10.4. The summed E-state index contributed by atoms with van der Waals surface area (Å²) in [5, 5.41) is 7.74. The van der Waals surface area contributed by atoms with Crippen LogP contribution in [0.4, 0.5) is 4.79 Å². The number of hydrogen-bond acceptors (Lipinski definition) is 3. The van der Waals surface area contributed by atoms with Crippen molar-refractivity contribution in [3.05, 3.63) is 71.9 Å². The largest absolute Gasteiger partial charge is 0.439 e. The molecule has 0 aliphatic carbocycles. The number of aromatic nitrogens is 2. The maximum Gasteiger partial charge on any atom is 0.317 e. The van der Waals surface area contributed by atoms with Crippen molar-refractivity contribution in [3.63, 3.8) is 0 Å². The molecule has 0 radical (unpaired) electrons. The fourth-order valence-electron chi connectivity index (χ4n) is 3.22. The van der Waals surface area contributed by atoms with Gasteiger partial charge >= 0.3 is 6.03 Å². The highest BCUT2D eigenvalue weighted by molar-refractivity contribution is 5.74. The van der Waals surface area contributed by atoms with E-state index >= 15 is 0 Å². The molecule has 0 atom stereocenters. The number of urea groups is 1. The molecule has 6 heteroatoms. The molecule has 2 aromatic carbocycles. The van der Waals surface area contributed by atoms with Crippen LogP contribution in [-0.4, -0.2) is 33.3 Å². The first-order chi connectivity index (χ1) is 14.5.